The van der Waals surface area contributed by atoms with Crippen LogP contribution < -0.4 is 5.32 Å². The Morgan fingerprint density at radius 2 is 2.12 bits per heavy atom. The van der Waals surface area contributed by atoms with Crippen molar-refractivity contribution in [2.45, 2.75) is 51.7 Å². The number of fused-ring (bicyclic) bond motifs is 2. The van der Waals surface area contributed by atoms with Crippen molar-refractivity contribution in [1.82, 2.24) is 10.3 Å². The van der Waals surface area contributed by atoms with Gasteiger partial charge in [0, 0.05) is 23.7 Å². The SMILES string of the molecule is C=C/C(=C\C=C/C)c1ccc(/C=C/[C@H]2[C@@H]3CC[C@@H](NC(=O)O)C[C@H]3C[C@H]3C(=O)O[C@H](C)[C@@H]23)nc1. The molecule has 6 heteroatoms. The molecule has 2 N–H and O–H groups in total. The van der Waals surface area contributed by atoms with E-state index in [1.54, 1.807) is 0 Å². The monoisotopic (exact) mass is 462 g/mol. The molecule has 2 aliphatic carbocycles. The number of ether oxygens (including phenoxy) is 1. The minimum atomic E-state index is -0.975. The molecule has 0 bridgehead atoms. The standard InChI is InChI=1S/C28H34N2O4/c1-4-6-7-18(5-2)19-8-9-21(29-16-19)10-13-24-23-12-11-22(30-28(32)33)14-20(23)15-25-26(24)17(3)34-27(25)31/h4-10,13,16-17,20,22-26,30H,2,11-12,14-15H2,1,3H3,(H,32,33)/b6-4-,13-10+,18-7+/t17-,20+,22-,23-,24+,25-,26+/m1/s1. The van der Waals surface area contributed by atoms with E-state index in [2.05, 4.69) is 29.0 Å². The molecule has 0 unspecified atom stereocenters. The molecule has 180 valence electrons. The van der Waals surface area contributed by atoms with Crippen molar-refractivity contribution >= 4 is 23.7 Å². The normalized spacial score (nSPS) is 33.4. The summed E-state index contributed by atoms with van der Waals surface area (Å²) in [5.41, 5.74) is 2.90. The second-order valence-corrected chi connectivity index (χ2v) is 9.71. The first-order valence-corrected chi connectivity index (χ1v) is 12.2. The third-order valence-electron chi connectivity index (χ3n) is 7.77. The topological polar surface area (TPSA) is 88.5 Å². The third-order valence-corrected chi connectivity index (χ3v) is 7.77. The molecule has 34 heavy (non-hydrogen) atoms. The first kappa shape index (κ1) is 24.0. The summed E-state index contributed by atoms with van der Waals surface area (Å²) >= 11 is 0. The maximum atomic E-state index is 12.6. The molecule has 0 spiro atoms. The molecular weight excluding hydrogens is 428 g/mol. The number of rotatable bonds is 6. The van der Waals surface area contributed by atoms with Crippen LogP contribution >= 0.6 is 0 Å². The first-order valence-electron chi connectivity index (χ1n) is 12.2. The fourth-order valence-corrected chi connectivity index (χ4v) is 6.29. The van der Waals surface area contributed by atoms with Crippen LogP contribution in [0, 0.1) is 29.6 Å². The number of nitrogens with one attached hydrogen (secondary N) is 1. The van der Waals surface area contributed by atoms with Crippen LogP contribution in [0.15, 0.2) is 55.3 Å². The summed E-state index contributed by atoms with van der Waals surface area (Å²) in [7, 11) is 0. The highest BCUT2D eigenvalue weighted by molar-refractivity contribution is 5.76. The van der Waals surface area contributed by atoms with E-state index < -0.39 is 6.09 Å². The van der Waals surface area contributed by atoms with E-state index in [9.17, 15) is 9.59 Å². The Labute approximate surface area is 201 Å². The summed E-state index contributed by atoms with van der Waals surface area (Å²) in [6.07, 6.45) is 16.2. The number of esters is 1. The number of pyridine rings is 1. The number of carbonyl (C=O) groups is 2. The van der Waals surface area contributed by atoms with Gasteiger partial charge in [-0.3, -0.25) is 9.78 Å². The summed E-state index contributed by atoms with van der Waals surface area (Å²) in [5, 5.41) is 11.8. The molecule has 2 saturated carbocycles. The van der Waals surface area contributed by atoms with Gasteiger partial charge < -0.3 is 15.2 Å². The quantitative estimate of drug-likeness (QED) is 0.431. The second-order valence-electron chi connectivity index (χ2n) is 9.71. The van der Waals surface area contributed by atoms with Crippen molar-refractivity contribution < 1.29 is 19.4 Å². The highest BCUT2D eigenvalue weighted by Crippen LogP contribution is 2.53. The Morgan fingerprint density at radius 3 is 2.79 bits per heavy atom. The fraction of sp³-hybridized carbons (Fsp3) is 0.464. The van der Waals surface area contributed by atoms with Gasteiger partial charge >= 0.3 is 12.1 Å². The third kappa shape index (κ3) is 5.01. The summed E-state index contributed by atoms with van der Waals surface area (Å²) in [5.74, 6) is 0.866. The highest BCUT2D eigenvalue weighted by Gasteiger charge is 2.54. The second kappa shape index (κ2) is 10.4. The number of carbonyl (C=O) groups excluding carboxylic acids is 1. The highest BCUT2D eigenvalue weighted by atomic mass is 16.6. The predicted molar refractivity (Wildman–Crippen MR) is 133 cm³/mol. The molecule has 1 aromatic rings. The van der Waals surface area contributed by atoms with Crippen molar-refractivity contribution in [2.75, 3.05) is 0 Å². The average molecular weight is 463 g/mol. The minimum absolute atomic E-state index is 0.0429. The van der Waals surface area contributed by atoms with Crippen molar-refractivity contribution in [3.63, 3.8) is 0 Å². The predicted octanol–water partition coefficient (Wildman–Crippen LogP) is 5.49. The van der Waals surface area contributed by atoms with E-state index in [-0.39, 0.29) is 35.9 Å². The van der Waals surface area contributed by atoms with Crippen LogP contribution in [0.2, 0.25) is 0 Å². The van der Waals surface area contributed by atoms with Crippen LogP contribution in [-0.4, -0.2) is 34.3 Å². The zero-order valence-electron chi connectivity index (χ0n) is 19.9. The smallest absolute Gasteiger partial charge is 0.404 e. The Hall–Kier alpha value is -3.15. The lowest BCUT2D eigenvalue weighted by atomic mass is 9.57. The van der Waals surface area contributed by atoms with Gasteiger partial charge in [-0.2, -0.15) is 0 Å². The minimum Gasteiger partial charge on any atom is -0.465 e. The van der Waals surface area contributed by atoms with E-state index in [0.717, 1.165) is 42.5 Å². The molecule has 0 aromatic carbocycles. The summed E-state index contributed by atoms with van der Waals surface area (Å²) in [6, 6.07) is 4.01. The summed E-state index contributed by atoms with van der Waals surface area (Å²) in [6.45, 7) is 7.87. The van der Waals surface area contributed by atoms with Crippen LogP contribution in [0.3, 0.4) is 0 Å². The molecule has 3 aliphatic rings. The molecule has 1 aliphatic heterocycles. The number of nitrogens with zero attached hydrogens (tertiary/aromatic N) is 1. The lowest BCUT2D eigenvalue weighted by Gasteiger charge is -2.47. The van der Waals surface area contributed by atoms with Crippen LogP contribution in [0.1, 0.15) is 50.8 Å². The van der Waals surface area contributed by atoms with Gasteiger partial charge in [0.2, 0.25) is 0 Å². The van der Waals surface area contributed by atoms with Gasteiger partial charge in [0.25, 0.3) is 0 Å². The Bertz CT molecular complexity index is 1010. The van der Waals surface area contributed by atoms with E-state index >= 15 is 0 Å². The molecule has 1 amide bonds. The summed E-state index contributed by atoms with van der Waals surface area (Å²) < 4.78 is 5.66. The van der Waals surface area contributed by atoms with Gasteiger partial charge in [-0.15, -0.1) is 0 Å². The lowest BCUT2D eigenvalue weighted by Crippen LogP contribution is -2.48. The van der Waals surface area contributed by atoms with Gasteiger partial charge in [-0.1, -0.05) is 43.0 Å². The first-order chi connectivity index (χ1) is 16.4. The molecule has 7 atom stereocenters. The van der Waals surface area contributed by atoms with Gasteiger partial charge in [0.15, 0.2) is 0 Å². The van der Waals surface area contributed by atoms with E-state index in [1.807, 2.05) is 56.5 Å². The molecular formula is C28H34N2O4. The molecule has 2 heterocycles. The zero-order valence-corrected chi connectivity index (χ0v) is 19.9. The molecule has 0 radical (unpaired) electrons. The number of hydrogen-bond acceptors (Lipinski definition) is 4. The number of hydrogen-bond donors (Lipinski definition) is 2. The number of allylic oxidation sites excluding steroid dienone is 6. The van der Waals surface area contributed by atoms with Gasteiger partial charge in [0.05, 0.1) is 11.6 Å². The number of aromatic nitrogens is 1. The summed E-state index contributed by atoms with van der Waals surface area (Å²) in [4.78, 5) is 28.4. The Morgan fingerprint density at radius 1 is 1.29 bits per heavy atom. The number of amides is 1. The van der Waals surface area contributed by atoms with Crippen LogP contribution in [0.4, 0.5) is 4.79 Å². The number of carboxylic acid groups (broad SMARTS) is 1. The van der Waals surface area contributed by atoms with Crippen molar-refractivity contribution in [1.29, 1.82) is 0 Å². The van der Waals surface area contributed by atoms with E-state index in [4.69, 9.17) is 9.84 Å². The zero-order chi connectivity index (χ0) is 24.2. The lowest BCUT2D eigenvalue weighted by molar-refractivity contribution is -0.144. The molecule has 6 nitrogen and oxygen atoms in total. The molecule has 1 saturated heterocycles. The van der Waals surface area contributed by atoms with Gasteiger partial charge in [-0.05, 0) is 75.0 Å². The van der Waals surface area contributed by atoms with Gasteiger partial charge in [-0.25, -0.2) is 4.79 Å². The average Bonchev–Trinajstić information content (AvgIpc) is 3.10. The Kier molecular flexibility index (Phi) is 7.35. The van der Waals surface area contributed by atoms with Crippen molar-refractivity contribution in [3.05, 3.63) is 66.5 Å². The molecule has 3 fully saturated rings. The van der Waals surface area contributed by atoms with Crippen molar-refractivity contribution in [2.24, 2.45) is 29.6 Å². The molecule has 4 rings (SSSR count). The Balaban J connectivity index is 1.55. The molecule has 1 aromatic heterocycles. The maximum absolute atomic E-state index is 12.6. The van der Waals surface area contributed by atoms with Crippen molar-refractivity contribution in [3.8, 4) is 0 Å². The number of cyclic esters (lactones) is 1. The van der Waals surface area contributed by atoms with Crippen LogP contribution in [0.25, 0.3) is 11.6 Å². The largest absolute Gasteiger partial charge is 0.465 e. The fourth-order valence-electron chi connectivity index (χ4n) is 6.29. The van der Waals surface area contributed by atoms with E-state index in [1.165, 1.54) is 0 Å². The van der Waals surface area contributed by atoms with Crippen LogP contribution in [-0.2, 0) is 9.53 Å². The van der Waals surface area contributed by atoms with Gasteiger partial charge in [0.1, 0.15) is 6.10 Å². The van der Waals surface area contributed by atoms with E-state index in [0.29, 0.717) is 11.8 Å². The van der Waals surface area contributed by atoms with Crippen LogP contribution in [0.5, 0.6) is 0 Å². The maximum Gasteiger partial charge on any atom is 0.404 e.